The number of aryl methyl sites for hydroxylation is 3. The number of carbonyl (C=O) groups is 2. The molecule has 2 aromatic carbocycles. The molecule has 146 valence electrons. The van der Waals surface area contributed by atoms with Crippen molar-refractivity contribution in [1.29, 1.82) is 0 Å². The predicted molar refractivity (Wildman–Crippen MR) is 105 cm³/mol. The van der Waals surface area contributed by atoms with E-state index in [1.54, 1.807) is 4.90 Å². The summed E-state index contributed by atoms with van der Waals surface area (Å²) in [6.07, 6.45) is 0.236. The average Bonchev–Trinajstić information content (AvgIpc) is 3.24. The van der Waals surface area contributed by atoms with Crippen molar-refractivity contribution in [1.82, 2.24) is 4.90 Å². The van der Waals surface area contributed by atoms with Crippen LogP contribution in [0, 0.1) is 26.7 Å². The van der Waals surface area contributed by atoms with Gasteiger partial charge in [-0.25, -0.2) is 0 Å². The summed E-state index contributed by atoms with van der Waals surface area (Å²) < 4.78 is 10.7. The monoisotopic (exact) mass is 380 g/mol. The van der Waals surface area contributed by atoms with Crippen molar-refractivity contribution < 1.29 is 19.1 Å². The Bertz CT molecular complexity index is 931. The lowest BCUT2D eigenvalue weighted by Gasteiger charge is -2.18. The molecular weight excluding hydrogens is 356 g/mol. The van der Waals surface area contributed by atoms with Gasteiger partial charge < -0.3 is 19.7 Å². The minimum atomic E-state index is -0.346. The molecule has 1 unspecified atom stereocenters. The second-order valence-corrected chi connectivity index (χ2v) is 7.63. The van der Waals surface area contributed by atoms with Gasteiger partial charge in [-0.15, -0.1) is 0 Å². The molecule has 2 aliphatic rings. The largest absolute Gasteiger partial charge is 0.454 e. The SMILES string of the molecule is Cc1cc(C)c(NC(=O)C2CC(=O)N(Cc3ccc4c(c3)OCO4)C2)c(C)c1. The molecule has 4 rings (SSSR count). The number of rotatable bonds is 4. The zero-order valence-electron chi connectivity index (χ0n) is 16.4. The van der Waals surface area contributed by atoms with E-state index in [4.69, 9.17) is 9.47 Å². The zero-order valence-corrected chi connectivity index (χ0v) is 16.4. The highest BCUT2D eigenvalue weighted by Gasteiger charge is 2.34. The second kappa shape index (κ2) is 7.19. The number of hydrogen-bond donors (Lipinski definition) is 1. The van der Waals surface area contributed by atoms with Gasteiger partial charge in [-0.1, -0.05) is 23.8 Å². The number of amides is 2. The number of hydrogen-bond acceptors (Lipinski definition) is 4. The fourth-order valence-electron chi connectivity index (χ4n) is 3.96. The Morgan fingerprint density at radius 1 is 1.11 bits per heavy atom. The summed E-state index contributed by atoms with van der Waals surface area (Å²) in [7, 11) is 0. The van der Waals surface area contributed by atoms with Crippen LogP contribution >= 0.6 is 0 Å². The minimum absolute atomic E-state index is 0.00448. The molecule has 6 heteroatoms. The highest BCUT2D eigenvalue weighted by molar-refractivity contribution is 5.98. The molecule has 0 aliphatic carbocycles. The van der Waals surface area contributed by atoms with Gasteiger partial charge in [-0.05, 0) is 49.6 Å². The van der Waals surface area contributed by atoms with E-state index in [2.05, 4.69) is 5.32 Å². The molecule has 0 aromatic heterocycles. The van der Waals surface area contributed by atoms with E-state index in [0.29, 0.717) is 18.8 Å². The van der Waals surface area contributed by atoms with Crippen molar-refractivity contribution in [3.05, 3.63) is 52.6 Å². The van der Waals surface area contributed by atoms with E-state index in [0.717, 1.165) is 28.1 Å². The van der Waals surface area contributed by atoms with Gasteiger partial charge in [0, 0.05) is 25.2 Å². The third-order valence-corrected chi connectivity index (χ3v) is 5.32. The van der Waals surface area contributed by atoms with Gasteiger partial charge in [0.25, 0.3) is 0 Å². The molecule has 1 atom stereocenters. The van der Waals surface area contributed by atoms with Gasteiger partial charge in [0.15, 0.2) is 11.5 Å². The smallest absolute Gasteiger partial charge is 0.231 e. The molecule has 0 radical (unpaired) electrons. The van der Waals surface area contributed by atoms with Crippen molar-refractivity contribution in [2.45, 2.75) is 33.7 Å². The Morgan fingerprint density at radius 2 is 1.82 bits per heavy atom. The molecule has 0 spiro atoms. The molecule has 2 heterocycles. The predicted octanol–water partition coefficient (Wildman–Crippen LogP) is 3.33. The molecule has 2 amide bonds. The fourth-order valence-corrected chi connectivity index (χ4v) is 3.96. The normalized spacial score (nSPS) is 17.9. The highest BCUT2D eigenvalue weighted by atomic mass is 16.7. The minimum Gasteiger partial charge on any atom is -0.454 e. The summed E-state index contributed by atoms with van der Waals surface area (Å²) in [5.74, 6) is 0.967. The first-order valence-electron chi connectivity index (χ1n) is 9.45. The zero-order chi connectivity index (χ0) is 19.8. The number of nitrogens with zero attached hydrogens (tertiary/aromatic N) is 1. The maximum absolute atomic E-state index is 12.8. The van der Waals surface area contributed by atoms with Gasteiger partial charge in [-0.2, -0.15) is 0 Å². The average molecular weight is 380 g/mol. The first-order valence-corrected chi connectivity index (χ1v) is 9.45. The highest BCUT2D eigenvalue weighted by Crippen LogP contribution is 2.33. The van der Waals surface area contributed by atoms with Crippen LogP contribution in [0.5, 0.6) is 11.5 Å². The van der Waals surface area contributed by atoms with Crippen molar-refractivity contribution in [2.75, 3.05) is 18.7 Å². The summed E-state index contributed by atoms with van der Waals surface area (Å²) in [6.45, 7) is 7.12. The van der Waals surface area contributed by atoms with Crippen molar-refractivity contribution in [2.24, 2.45) is 5.92 Å². The lowest BCUT2D eigenvalue weighted by atomic mass is 10.0. The summed E-state index contributed by atoms with van der Waals surface area (Å²) in [5, 5.41) is 3.03. The van der Waals surface area contributed by atoms with Crippen LogP contribution in [0.25, 0.3) is 0 Å². The molecule has 28 heavy (non-hydrogen) atoms. The lowest BCUT2D eigenvalue weighted by molar-refractivity contribution is -0.128. The Hall–Kier alpha value is -3.02. The maximum Gasteiger partial charge on any atom is 0.231 e. The molecule has 1 fully saturated rings. The van der Waals surface area contributed by atoms with E-state index in [1.807, 2.05) is 51.1 Å². The van der Waals surface area contributed by atoms with Gasteiger partial charge >= 0.3 is 0 Å². The molecule has 0 saturated carbocycles. The summed E-state index contributed by atoms with van der Waals surface area (Å²) in [5.41, 5.74) is 5.04. The van der Waals surface area contributed by atoms with Crippen LogP contribution in [0.4, 0.5) is 5.69 Å². The summed E-state index contributed by atoms with van der Waals surface area (Å²) in [4.78, 5) is 27.0. The van der Waals surface area contributed by atoms with Gasteiger partial charge in [0.1, 0.15) is 0 Å². The Labute approximate surface area is 164 Å². The van der Waals surface area contributed by atoms with Gasteiger partial charge in [0.05, 0.1) is 5.92 Å². The third kappa shape index (κ3) is 3.54. The van der Waals surface area contributed by atoms with Gasteiger partial charge in [-0.3, -0.25) is 9.59 Å². The molecular formula is C22H24N2O4. The molecule has 1 N–H and O–H groups in total. The number of anilines is 1. The molecule has 6 nitrogen and oxygen atoms in total. The van der Waals surface area contributed by atoms with Crippen LogP contribution in [-0.4, -0.2) is 30.1 Å². The first kappa shape index (κ1) is 18.3. The van der Waals surface area contributed by atoms with E-state index >= 15 is 0 Å². The Balaban J connectivity index is 1.42. The number of benzene rings is 2. The summed E-state index contributed by atoms with van der Waals surface area (Å²) in [6, 6.07) is 9.77. The molecule has 0 bridgehead atoms. The van der Waals surface area contributed by atoms with Crippen molar-refractivity contribution in [3.63, 3.8) is 0 Å². The standard InChI is InChI=1S/C22H24N2O4/c1-13-6-14(2)21(15(3)7-13)23-22(26)17-9-20(25)24(11-17)10-16-4-5-18-19(8-16)28-12-27-18/h4-8,17H,9-12H2,1-3H3,(H,23,26). The van der Waals surface area contributed by atoms with E-state index in [-0.39, 0.29) is 30.9 Å². The second-order valence-electron chi connectivity index (χ2n) is 7.63. The number of likely N-dealkylation sites (tertiary alicyclic amines) is 1. The van der Waals surface area contributed by atoms with Crippen LogP contribution in [0.1, 0.15) is 28.7 Å². The van der Waals surface area contributed by atoms with E-state index in [9.17, 15) is 9.59 Å². The van der Waals surface area contributed by atoms with Crippen molar-refractivity contribution in [3.8, 4) is 11.5 Å². The lowest BCUT2D eigenvalue weighted by Crippen LogP contribution is -2.28. The van der Waals surface area contributed by atoms with Crippen LogP contribution in [0.3, 0.4) is 0 Å². The number of carbonyl (C=O) groups excluding carboxylic acids is 2. The number of ether oxygens (including phenoxy) is 2. The van der Waals surface area contributed by atoms with Gasteiger partial charge in [0.2, 0.25) is 18.6 Å². The number of nitrogens with one attached hydrogen (secondary N) is 1. The molecule has 2 aromatic rings. The maximum atomic E-state index is 12.8. The Morgan fingerprint density at radius 3 is 2.57 bits per heavy atom. The summed E-state index contributed by atoms with van der Waals surface area (Å²) >= 11 is 0. The van der Waals surface area contributed by atoms with Crippen LogP contribution < -0.4 is 14.8 Å². The fraction of sp³-hybridized carbons (Fsp3) is 0.364. The number of fused-ring (bicyclic) bond motifs is 1. The molecule has 1 saturated heterocycles. The molecule has 2 aliphatic heterocycles. The quantitative estimate of drug-likeness (QED) is 0.884. The Kier molecular flexibility index (Phi) is 4.71. The van der Waals surface area contributed by atoms with E-state index < -0.39 is 0 Å². The van der Waals surface area contributed by atoms with Crippen LogP contribution in [0.15, 0.2) is 30.3 Å². The van der Waals surface area contributed by atoms with Crippen molar-refractivity contribution >= 4 is 17.5 Å². The third-order valence-electron chi connectivity index (χ3n) is 5.32. The van der Waals surface area contributed by atoms with Crippen LogP contribution in [0.2, 0.25) is 0 Å². The first-order chi connectivity index (χ1) is 13.4. The van der Waals surface area contributed by atoms with Crippen LogP contribution in [-0.2, 0) is 16.1 Å². The van der Waals surface area contributed by atoms with E-state index in [1.165, 1.54) is 5.56 Å². The topological polar surface area (TPSA) is 67.9 Å².